The van der Waals surface area contributed by atoms with Gasteiger partial charge in [0.25, 0.3) is 0 Å². The maximum Gasteiger partial charge on any atom is 0.245 e. The van der Waals surface area contributed by atoms with Crippen LogP contribution in [0.15, 0.2) is 24.3 Å². The number of nitrogens with zero attached hydrogens (tertiary/aromatic N) is 2. The number of aliphatic hydroxyl groups is 1. The number of benzene rings is 1. The van der Waals surface area contributed by atoms with Crippen molar-refractivity contribution in [2.45, 2.75) is 198 Å². The summed E-state index contributed by atoms with van der Waals surface area (Å²) in [6.45, 7) is 8.59. The van der Waals surface area contributed by atoms with Crippen LogP contribution in [0, 0.1) is 11.8 Å². The molecule has 4 rings (SSSR count). The van der Waals surface area contributed by atoms with Crippen LogP contribution in [0.25, 0.3) is 0 Å². The molecule has 0 aromatic heterocycles. The van der Waals surface area contributed by atoms with Gasteiger partial charge in [0.05, 0.1) is 6.10 Å². The zero-order valence-corrected chi connectivity index (χ0v) is 40.9. The fourth-order valence-electron chi connectivity index (χ4n) is 9.59. The number of hydrogen-bond donors (Lipinski definition) is 8. The molecule has 3 saturated heterocycles. The van der Waals surface area contributed by atoms with E-state index in [0.717, 1.165) is 37.2 Å². The van der Waals surface area contributed by atoms with Crippen molar-refractivity contribution < 1.29 is 48.6 Å². The highest BCUT2D eigenvalue weighted by Gasteiger charge is 2.41. The Balaban J connectivity index is 1.54. The quantitative estimate of drug-likeness (QED) is 0.0886. The number of β-amino-alcohol motifs (C(OH)–C–C–N with tert-alkyl or cyclic N) is 1. The number of rotatable bonds is 20. The summed E-state index contributed by atoms with van der Waals surface area (Å²) in [7, 11) is 0. The third kappa shape index (κ3) is 17.7. The summed E-state index contributed by atoms with van der Waals surface area (Å²) in [5.41, 5.74) is 6.22. The minimum atomic E-state index is -1.33. The van der Waals surface area contributed by atoms with Crippen LogP contribution in [0.1, 0.15) is 155 Å². The first-order valence-corrected chi connectivity index (χ1v) is 25.3. The lowest BCUT2D eigenvalue weighted by atomic mass is 9.91. The molecule has 0 aliphatic carbocycles. The molecule has 0 bridgehead atoms. The number of nitrogens with two attached hydrogens (primary N) is 1. The van der Waals surface area contributed by atoms with E-state index < -0.39 is 89.6 Å². The second-order valence-electron chi connectivity index (χ2n) is 19.5. The Morgan fingerprint density at radius 1 is 0.735 bits per heavy atom. The number of aliphatic hydroxyl groups excluding tert-OH is 1. The van der Waals surface area contributed by atoms with Gasteiger partial charge in [0.2, 0.25) is 47.3 Å². The molecular weight excluding hydrogens is 873 g/mol. The fraction of sp³-hybridized carbons (Fsp3) is 0.720. The summed E-state index contributed by atoms with van der Waals surface area (Å²) in [5.74, 6) is -3.41. The third-order valence-electron chi connectivity index (χ3n) is 13.8. The van der Waals surface area contributed by atoms with Gasteiger partial charge in [-0.15, -0.1) is 0 Å². The molecule has 18 nitrogen and oxygen atoms in total. The number of primary amides is 1. The topological polar surface area (TPSA) is 270 Å². The molecule has 1 aromatic carbocycles. The Hall–Kier alpha value is -5.26. The summed E-state index contributed by atoms with van der Waals surface area (Å²) in [6.07, 6.45) is 9.50. The zero-order chi connectivity index (χ0) is 49.8. The monoisotopic (exact) mass is 953 g/mol. The lowest BCUT2D eigenvalue weighted by Crippen LogP contribution is -2.59. The van der Waals surface area contributed by atoms with Gasteiger partial charge in [0.1, 0.15) is 42.0 Å². The largest absolute Gasteiger partial charge is 0.508 e. The Labute approximate surface area is 402 Å². The van der Waals surface area contributed by atoms with Crippen LogP contribution in [-0.4, -0.2) is 129 Å². The molecule has 380 valence electrons. The van der Waals surface area contributed by atoms with E-state index in [4.69, 9.17) is 5.73 Å². The van der Waals surface area contributed by atoms with Gasteiger partial charge in [-0.2, -0.15) is 0 Å². The van der Waals surface area contributed by atoms with Crippen molar-refractivity contribution in [2.75, 3.05) is 19.6 Å². The molecule has 3 aliphatic rings. The molecule has 9 atom stereocenters. The standard InChI is InChI=1S/C50H80N8O10/c1-5-32(3)29-33(4)15-11-9-7-8-10-12-18-44(62)53-40-30-36(60)31-52-47(65)41-16-13-27-57(41)50(68)39(25-26-43(51)61)56-45(63)38(24-21-34-19-22-35(59)23-20-34)55-48(66)42-17-14-28-58(42)49(67)37(6-2)54-46(40)64/h19-20,22-23,32-33,36-42,59-60H,5-18,21,24-31H2,1-4H3,(H2,51,61)(H,52,65)(H,53,62)(H,54,64)(H,55,66)(H,56,63)/t32?,33?,36-,37?,38?,39+,40+,41?,42?/m1/s1. The molecule has 3 aliphatic heterocycles. The van der Waals surface area contributed by atoms with Crippen LogP contribution in [0.2, 0.25) is 0 Å². The Kier molecular flexibility index (Phi) is 23.0. The predicted octanol–water partition coefficient (Wildman–Crippen LogP) is 3.00. The summed E-state index contributed by atoms with van der Waals surface area (Å²) < 4.78 is 0. The van der Waals surface area contributed by atoms with E-state index in [0.29, 0.717) is 25.2 Å². The van der Waals surface area contributed by atoms with Gasteiger partial charge in [0.15, 0.2) is 0 Å². The van der Waals surface area contributed by atoms with Crippen LogP contribution in [-0.2, 0) is 44.8 Å². The molecule has 3 fully saturated rings. The number of amides is 8. The normalized spacial score (nSPS) is 25.5. The van der Waals surface area contributed by atoms with Crippen LogP contribution < -0.4 is 32.3 Å². The van der Waals surface area contributed by atoms with E-state index in [2.05, 4.69) is 47.4 Å². The summed E-state index contributed by atoms with van der Waals surface area (Å²) >= 11 is 0. The summed E-state index contributed by atoms with van der Waals surface area (Å²) in [6, 6.07) is -0.555. The van der Waals surface area contributed by atoms with Crippen molar-refractivity contribution in [3.8, 4) is 5.75 Å². The zero-order valence-electron chi connectivity index (χ0n) is 40.9. The molecule has 68 heavy (non-hydrogen) atoms. The highest BCUT2D eigenvalue weighted by Crippen LogP contribution is 2.24. The smallest absolute Gasteiger partial charge is 0.245 e. The average molecular weight is 953 g/mol. The van der Waals surface area contributed by atoms with Crippen molar-refractivity contribution in [1.29, 1.82) is 0 Å². The van der Waals surface area contributed by atoms with Gasteiger partial charge in [-0.3, -0.25) is 38.4 Å². The molecular formula is C50H80N8O10. The van der Waals surface area contributed by atoms with Crippen LogP contribution >= 0.6 is 0 Å². The first-order valence-electron chi connectivity index (χ1n) is 25.3. The SMILES string of the molecule is CCC(C)CC(C)CCCCCCCCC(=O)N[C@H]1C[C@@H](O)CNC(=O)C2CCCN2C(=O)[C@H](CCC(N)=O)NC(=O)C(CCc2ccc(O)cc2)NC(=O)C2CCCN2C(=O)C(CC)NC1=O. The summed E-state index contributed by atoms with van der Waals surface area (Å²) in [4.78, 5) is 113. The van der Waals surface area contributed by atoms with Crippen molar-refractivity contribution in [2.24, 2.45) is 17.6 Å². The minimum absolute atomic E-state index is 0.0473. The molecule has 0 spiro atoms. The lowest BCUT2D eigenvalue weighted by molar-refractivity contribution is -0.143. The number of carbonyl (C=O) groups is 8. The van der Waals surface area contributed by atoms with Gasteiger partial charge >= 0.3 is 0 Å². The van der Waals surface area contributed by atoms with Gasteiger partial charge in [-0.05, 0) is 93.7 Å². The highest BCUT2D eigenvalue weighted by molar-refractivity contribution is 5.97. The Morgan fingerprint density at radius 2 is 1.32 bits per heavy atom. The molecule has 0 saturated carbocycles. The van der Waals surface area contributed by atoms with E-state index in [1.54, 1.807) is 19.1 Å². The molecule has 6 unspecified atom stereocenters. The second kappa shape index (κ2) is 28.3. The van der Waals surface area contributed by atoms with E-state index in [-0.39, 0.29) is 83.2 Å². The number of unbranched alkanes of at least 4 members (excludes halogenated alkanes) is 5. The average Bonchev–Trinajstić information content (AvgIpc) is 4.02. The number of fused-ring (bicyclic) bond motifs is 2. The van der Waals surface area contributed by atoms with Crippen molar-refractivity contribution >= 4 is 47.3 Å². The second-order valence-corrected chi connectivity index (χ2v) is 19.5. The van der Waals surface area contributed by atoms with Crippen molar-refractivity contribution in [1.82, 2.24) is 36.4 Å². The van der Waals surface area contributed by atoms with Crippen LogP contribution in [0.3, 0.4) is 0 Å². The maximum atomic E-state index is 14.2. The first-order chi connectivity index (χ1) is 32.5. The third-order valence-corrected chi connectivity index (χ3v) is 13.8. The fourth-order valence-corrected chi connectivity index (χ4v) is 9.59. The van der Waals surface area contributed by atoms with Crippen LogP contribution in [0.5, 0.6) is 5.75 Å². The number of nitrogens with one attached hydrogen (secondary N) is 5. The Bertz CT molecular complexity index is 1850. The van der Waals surface area contributed by atoms with Crippen molar-refractivity contribution in [3.05, 3.63) is 29.8 Å². The van der Waals surface area contributed by atoms with E-state index in [9.17, 15) is 48.6 Å². The number of phenolic OH excluding ortho intramolecular Hbond substituents is 1. The number of aryl methyl sites for hydroxylation is 1. The molecule has 0 radical (unpaired) electrons. The number of hydrogen-bond acceptors (Lipinski definition) is 10. The highest BCUT2D eigenvalue weighted by atomic mass is 16.3. The Morgan fingerprint density at radius 3 is 1.96 bits per heavy atom. The van der Waals surface area contributed by atoms with Crippen molar-refractivity contribution in [3.63, 3.8) is 0 Å². The van der Waals surface area contributed by atoms with E-state index in [1.807, 2.05) is 0 Å². The van der Waals surface area contributed by atoms with Gasteiger partial charge in [0, 0.05) is 38.9 Å². The molecule has 18 heteroatoms. The lowest BCUT2D eigenvalue weighted by Gasteiger charge is -2.31. The minimum Gasteiger partial charge on any atom is -0.508 e. The maximum absolute atomic E-state index is 14.2. The number of aromatic hydroxyl groups is 1. The van der Waals surface area contributed by atoms with Gasteiger partial charge in [-0.25, -0.2) is 0 Å². The van der Waals surface area contributed by atoms with E-state index in [1.165, 1.54) is 47.6 Å². The molecule has 3 heterocycles. The van der Waals surface area contributed by atoms with Gasteiger partial charge < -0.3 is 52.3 Å². The number of carbonyl (C=O) groups excluding carboxylic acids is 8. The molecule has 9 N–H and O–H groups in total. The predicted molar refractivity (Wildman–Crippen MR) is 256 cm³/mol. The van der Waals surface area contributed by atoms with Gasteiger partial charge in [-0.1, -0.05) is 84.8 Å². The number of phenols is 1. The molecule has 1 aromatic rings. The molecule has 8 amide bonds. The van der Waals surface area contributed by atoms with E-state index >= 15 is 0 Å². The summed E-state index contributed by atoms with van der Waals surface area (Å²) in [5, 5.41) is 34.8. The first kappa shape index (κ1) is 55.3. The van der Waals surface area contributed by atoms with Crippen LogP contribution in [0.4, 0.5) is 0 Å².